The van der Waals surface area contributed by atoms with E-state index in [0.717, 1.165) is 77.0 Å². The molecule has 0 spiro atoms. The Morgan fingerprint density at radius 1 is 0.461 bits per heavy atom. The van der Waals surface area contributed by atoms with Gasteiger partial charge in [0.25, 0.3) is 0 Å². The van der Waals surface area contributed by atoms with E-state index in [9.17, 15) is 19.0 Å². The van der Waals surface area contributed by atoms with E-state index in [4.69, 9.17) is 13.8 Å². The largest absolute Gasteiger partial charge is 0.472 e. The van der Waals surface area contributed by atoms with E-state index in [2.05, 4.69) is 50.4 Å². The number of nitrogens with zero attached hydrogens (tertiary/aromatic N) is 1. The number of rotatable bonds is 60. The summed E-state index contributed by atoms with van der Waals surface area (Å²) in [7, 11) is 1.50. The smallest absolute Gasteiger partial charge is 0.456 e. The Labute approximate surface area is 472 Å². The first-order valence-electron chi connectivity index (χ1n) is 32.8. The highest BCUT2D eigenvalue weighted by atomic mass is 31.2. The number of likely N-dealkylation sites (N-methyl/N-ethyl adjacent to an activating group) is 1. The zero-order valence-electron chi connectivity index (χ0n) is 51.3. The van der Waals surface area contributed by atoms with Crippen LogP contribution >= 0.6 is 7.82 Å². The number of allylic oxidation sites excluding steroid dienone is 5. The van der Waals surface area contributed by atoms with Crippen LogP contribution in [0.15, 0.2) is 36.5 Å². The Kier molecular flexibility index (Phi) is 55.2. The van der Waals surface area contributed by atoms with Crippen molar-refractivity contribution in [1.29, 1.82) is 0 Å². The number of ether oxygens (including phenoxy) is 1. The normalized spacial score (nSPS) is 13.8. The van der Waals surface area contributed by atoms with Gasteiger partial charge < -0.3 is 19.4 Å². The van der Waals surface area contributed by atoms with Gasteiger partial charge in [0.2, 0.25) is 5.91 Å². The number of esters is 1. The summed E-state index contributed by atoms with van der Waals surface area (Å²) in [4.78, 5) is 37.7. The van der Waals surface area contributed by atoms with Crippen LogP contribution in [0.1, 0.15) is 323 Å². The predicted octanol–water partition coefficient (Wildman–Crippen LogP) is 20.3. The van der Waals surface area contributed by atoms with Gasteiger partial charge in [-0.3, -0.25) is 18.6 Å². The molecule has 9 nitrogen and oxygen atoms in total. The molecular formula is C66H128N2O7P+. The van der Waals surface area contributed by atoms with Crippen molar-refractivity contribution >= 4 is 19.7 Å². The number of hydrogen-bond acceptors (Lipinski definition) is 6. The molecule has 76 heavy (non-hydrogen) atoms. The molecule has 0 saturated heterocycles. The first-order valence-corrected chi connectivity index (χ1v) is 34.3. The van der Waals surface area contributed by atoms with E-state index >= 15 is 0 Å². The highest BCUT2D eigenvalue weighted by Gasteiger charge is 2.30. The summed E-state index contributed by atoms with van der Waals surface area (Å²) in [6.07, 6.45) is 68.6. The molecular weight excluding hydrogens is 964 g/mol. The Hall–Kier alpha value is -1.77. The Morgan fingerprint density at radius 2 is 0.789 bits per heavy atom. The molecule has 0 aliphatic heterocycles. The lowest BCUT2D eigenvalue weighted by molar-refractivity contribution is -0.870. The van der Waals surface area contributed by atoms with Crippen molar-refractivity contribution in [3.05, 3.63) is 36.5 Å². The fourth-order valence-electron chi connectivity index (χ4n) is 9.76. The lowest BCUT2D eigenvalue weighted by atomic mass is 10.0. The highest BCUT2D eigenvalue weighted by Crippen LogP contribution is 2.43. The van der Waals surface area contributed by atoms with Crippen LogP contribution in [0.4, 0.5) is 0 Å². The molecule has 0 saturated carbocycles. The van der Waals surface area contributed by atoms with Crippen molar-refractivity contribution in [2.24, 2.45) is 0 Å². The molecule has 10 heteroatoms. The van der Waals surface area contributed by atoms with Crippen LogP contribution < -0.4 is 5.32 Å². The lowest BCUT2D eigenvalue weighted by Crippen LogP contribution is -2.47. The van der Waals surface area contributed by atoms with Crippen LogP contribution in [0.3, 0.4) is 0 Å². The molecule has 2 N–H and O–H groups in total. The second kappa shape index (κ2) is 56.5. The Bertz CT molecular complexity index is 1400. The van der Waals surface area contributed by atoms with E-state index in [1.807, 2.05) is 33.3 Å². The topological polar surface area (TPSA) is 111 Å². The maximum Gasteiger partial charge on any atom is 0.472 e. The summed E-state index contributed by atoms with van der Waals surface area (Å²) in [5.41, 5.74) is 0. The summed E-state index contributed by atoms with van der Waals surface area (Å²) >= 11 is 0. The SMILES string of the molecule is CCCCC/C=C/C=C/CCCCCCCCC(=O)NC(COP(=O)(O)OCC[N+](C)(C)C)C(/C=C\CCCCCCCCCCCC)OC(=O)CCCCCCCCCCCCCCCCCCCCCCCCC. The van der Waals surface area contributed by atoms with E-state index in [-0.39, 0.29) is 25.1 Å². The van der Waals surface area contributed by atoms with Gasteiger partial charge in [-0.15, -0.1) is 0 Å². The van der Waals surface area contributed by atoms with Crippen molar-refractivity contribution in [2.75, 3.05) is 40.9 Å². The molecule has 0 rings (SSSR count). The first kappa shape index (κ1) is 74.2. The average molecular weight is 1090 g/mol. The quantitative estimate of drug-likeness (QED) is 0.0156. The number of unbranched alkanes of at least 4 members (excludes halogenated alkanes) is 41. The molecule has 0 fully saturated rings. The number of carbonyl (C=O) groups is 2. The van der Waals surface area contributed by atoms with Crippen molar-refractivity contribution in [3.63, 3.8) is 0 Å². The molecule has 0 heterocycles. The number of amides is 1. The third-order valence-electron chi connectivity index (χ3n) is 14.9. The Balaban J connectivity index is 5.11. The van der Waals surface area contributed by atoms with E-state index in [1.54, 1.807) is 0 Å². The van der Waals surface area contributed by atoms with Crippen LogP contribution in [0.2, 0.25) is 0 Å². The molecule has 0 bridgehead atoms. The third-order valence-corrected chi connectivity index (χ3v) is 15.8. The molecule has 0 aromatic heterocycles. The van der Waals surface area contributed by atoms with Crippen LogP contribution in [0.5, 0.6) is 0 Å². The monoisotopic (exact) mass is 1090 g/mol. The van der Waals surface area contributed by atoms with Crippen molar-refractivity contribution < 1.29 is 37.3 Å². The first-order chi connectivity index (χ1) is 36.9. The standard InChI is InChI=1S/C66H127N2O7P/c1-7-10-13-16-19-22-25-28-30-31-32-33-34-35-36-37-39-41-44-47-50-53-56-59-66(70)75-64(57-54-51-48-45-42-27-24-21-18-15-12-9-3)63(62-74-76(71,72)73-61-60-68(4,5)6)67-65(69)58-55-52-49-46-43-40-38-29-26-23-20-17-14-11-8-2/h20,23,26,29,54,57,63-64H,7-19,21-22,24-25,27-28,30-53,55-56,58-62H2,1-6H3,(H-,67,69,71,72)/p+1/b23-20+,29-26+,57-54-. The molecule has 448 valence electrons. The molecule has 0 aliphatic carbocycles. The molecule has 0 aromatic carbocycles. The second-order valence-electron chi connectivity index (χ2n) is 23.7. The van der Waals surface area contributed by atoms with Gasteiger partial charge in [-0.25, -0.2) is 4.57 Å². The molecule has 0 aromatic rings. The van der Waals surface area contributed by atoms with Crippen molar-refractivity contribution in [3.8, 4) is 0 Å². The molecule has 3 unspecified atom stereocenters. The van der Waals surface area contributed by atoms with Crippen LogP contribution in [-0.4, -0.2) is 74.3 Å². The van der Waals surface area contributed by atoms with Gasteiger partial charge in [0.1, 0.15) is 19.3 Å². The minimum atomic E-state index is -4.45. The zero-order valence-corrected chi connectivity index (χ0v) is 52.2. The maximum atomic E-state index is 13.5. The van der Waals surface area contributed by atoms with E-state index < -0.39 is 20.0 Å². The van der Waals surface area contributed by atoms with Crippen molar-refractivity contribution in [2.45, 2.75) is 335 Å². The van der Waals surface area contributed by atoms with Gasteiger partial charge in [-0.2, -0.15) is 0 Å². The number of hydrogen-bond donors (Lipinski definition) is 2. The molecule has 0 aliphatic rings. The minimum Gasteiger partial charge on any atom is -0.456 e. The number of carbonyl (C=O) groups excluding carboxylic acids is 2. The maximum absolute atomic E-state index is 13.5. The minimum absolute atomic E-state index is 0.0400. The number of phosphoric ester groups is 1. The summed E-state index contributed by atoms with van der Waals surface area (Å²) in [5.74, 6) is -0.503. The van der Waals surface area contributed by atoms with Crippen molar-refractivity contribution in [1.82, 2.24) is 5.32 Å². The van der Waals surface area contributed by atoms with Gasteiger partial charge in [0, 0.05) is 12.8 Å². The van der Waals surface area contributed by atoms with E-state index in [0.29, 0.717) is 23.9 Å². The number of quaternary nitrogens is 1. The van der Waals surface area contributed by atoms with Gasteiger partial charge in [0.05, 0.1) is 33.8 Å². The summed E-state index contributed by atoms with van der Waals surface area (Å²) < 4.78 is 30.7. The summed E-state index contributed by atoms with van der Waals surface area (Å²) in [5, 5.41) is 3.06. The van der Waals surface area contributed by atoms with Gasteiger partial charge in [0.15, 0.2) is 0 Å². The van der Waals surface area contributed by atoms with Crippen LogP contribution in [-0.2, 0) is 27.9 Å². The van der Waals surface area contributed by atoms with Gasteiger partial charge >= 0.3 is 13.8 Å². The zero-order chi connectivity index (χ0) is 55.7. The fraction of sp³-hybridized carbons (Fsp3) is 0.879. The predicted molar refractivity (Wildman–Crippen MR) is 328 cm³/mol. The molecule has 1 amide bonds. The van der Waals surface area contributed by atoms with E-state index in [1.165, 1.54) is 212 Å². The van der Waals surface area contributed by atoms with Gasteiger partial charge in [-0.05, 0) is 57.4 Å². The Morgan fingerprint density at radius 3 is 1.18 bits per heavy atom. The molecule has 3 atom stereocenters. The second-order valence-corrected chi connectivity index (χ2v) is 25.1. The van der Waals surface area contributed by atoms with Gasteiger partial charge in [-0.1, -0.05) is 289 Å². The van der Waals surface area contributed by atoms with Crippen LogP contribution in [0.25, 0.3) is 0 Å². The molecule has 0 radical (unpaired) electrons. The number of nitrogens with one attached hydrogen (secondary N) is 1. The lowest BCUT2D eigenvalue weighted by Gasteiger charge is -2.27. The summed E-state index contributed by atoms with van der Waals surface area (Å²) in [6, 6.07) is -0.850. The van der Waals surface area contributed by atoms with Crippen LogP contribution in [0, 0.1) is 0 Å². The number of phosphoric acid groups is 1. The third kappa shape index (κ3) is 56.9. The highest BCUT2D eigenvalue weighted by molar-refractivity contribution is 7.47. The fourth-order valence-corrected chi connectivity index (χ4v) is 10.5. The average Bonchev–Trinajstić information content (AvgIpc) is 3.38. The summed E-state index contributed by atoms with van der Waals surface area (Å²) in [6.45, 7) is 7.01.